The molecule has 1 aromatic rings. The van der Waals surface area contributed by atoms with E-state index in [9.17, 15) is 4.79 Å². The molecule has 1 amide bonds. The summed E-state index contributed by atoms with van der Waals surface area (Å²) in [5.41, 5.74) is 1.30. The van der Waals surface area contributed by atoms with Crippen molar-refractivity contribution in [3.8, 4) is 0 Å². The Labute approximate surface area is 119 Å². The molecule has 0 aliphatic carbocycles. The van der Waals surface area contributed by atoms with E-state index >= 15 is 0 Å². The second-order valence-electron chi connectivity index (χ2n) is 5.21. The molecule has 1 aromatic heterocycles. The molecular weight excluding hydrogens is 258 g/mol. The normalized spacial score (nSPS) is 19.9. The Morgan fingerprint density at radius 3 is 2.84 bits per heavy atom. The number of piperazine rings is 1. The fourth-order valence-electron chi connectivity index (χ4n) is 2.41. The molecule has 0 aromatic carbocycles. The monoisotopic (exact) mass is 281 g/mol. The van der Waals surface area contributed by atoms with Gasteiger partial charge in [-0.05, 0) is 42.7 Å². The van der Waals surface area contributed by atoms with Gasteiger partial charge in [-0.1, -0.05) is 0 Å². The number of nitrogens with zero attached hydrogens (tertiary/aromatic N) is 1. The van der Waals surface area contributed by atoms with Gasteiger partial charge in [0.15, 0.2) is 0 Å². The van der Waals surface area contributed by atoms with Crippen molar-refractivity contribution in [3.05, 3.63) is 22.4 Å². The van der Waals surface area contributed by atoms with Gasteiger partial charge in [0, 0.05) is 32.2 Å². The highest BCUT2D eigenvalue weighted by atomic mass is 32.1. The first-order valence-corrected chi connectivity index (χ1v) is 7.87. The molecule has 0 saturated carbocycles. The van der Waals surface area contributed by atoms with Crippen LogP contribution in [0.25, 0.3) is 0 Å². The van der Waals surface area contributed by atoms with Crippen LogP contribution in [0.1, 0.15) is 19.4 Å². The van der Waals surface area contributed by atoms with E-state index in [1.807, 2.05) is 6.92 Å². The SMILES string of the molecule is CC(Cc1ccsc1)NC(=O)C(C)N1CCNCC1. The topological polar surface area (TPSA) is 44.4 Å². The van der Waals surface area contributed by atoms with Crippen molar-refractivity contribution >= 4 is 17.2 Å². The fourth-order valence-corrected chi connectivity index (χ4v) is 3.09. The maximum atomic E-state index is 12.2. The second kappa shape index (κ2) is 7.03. The quantitative estimate of drug-likeness (QED) is 0.849. The summed E-state index contributed by atoms with van der Waals surface area (Å²) in [6.07, 6.45) is 0.906. The highest BCUT2D eigenvalue weighted by Crippen LogP contribution is 2.09. The zero-order valence-corrected chi connectivity index (χ0v) is 12.5. The van der Waals surface area contributed by atoms with Gasteiger partial charge in [0.2, 0.25) is 5.91 Å². The van der Waals surface area contributed by atoms with E-state index in [2.05, 4.69) is 39.3 Å². The molecule has 1 aliphatic rings. The lowest BCUT2D eigenvalue weighted by atomic mass is 10.1. The lowest BCUT2D eigenvalue weighted by molar-refractivity contribution is -0.126. The molecule has 0 spiro atoms. The third-order valence-corrected chi connectivity index (χ3v) is 4.32. The lowest BCUT2D eigenvalue weighted by Gasteiger charge is -2.32. The summed E-state index contributed by atoms with van der Waals surface area (Å²) in [6, 6.07) is 2.27. The summed E-state index contributed by atoms with van der Waals surface area (Å²) in [4.78, 5) is 14.4. The Hall–Kier alpha value is -0.910. The molecule has 4 nitrogen and oxygen atoms in total. The minimum Gasteiger partial charge on any atom is -0.352 e. The minimum absolute atomic E-state index is 0.0352. The molecule has 1 saturated heterocycles. The van der Waals surface area contributed by atoms with Gasteiger partial charge in [0.05, 0.1) is 6.04 Å². The molecule has 1 aliphatic heterocycles. The predicted octanol–water partition coefficient (Wildman–Crippen LogP) is 1.09. The van der Waals surface area contributed by atoms with Crippen LogP contribution in [0.15, 0.2) is 16.8 Å². The number of hydrogen-bond acceptors (Lipinski definition) is 4. The van der Waals surface area contributed by atoms with Gasteiger partial charge in [-0.15, -0.1) is 0 Å². The molecule has 2 unspecified atom stereocenters. The molecule has 19 heavy (non-hydrogen) atoms. The second-order valence-corrected chi connectivity index (χ2v) is 5.99. The minimum atomic E-state index is -0.0352. The van der Waals surface area contributed by atoms with Gasteiger partial charge in [-0.2, -0.15) is 11.3 Å². The predicted molar refractivity (Wildman–Crippen MR) is 79.5 cm³/mol. The van der Waals surface area contributed by atoms with Crippen LogP contribution in [-0.4, -0.2) is 49.1 Å². The van der Waals surface area contributed by atoms with E-state index in [1.54, 1.807) is 11.3 Å². The molecule has 106 valence electrons. The van der Waals surface area contributed by atoms with Crippen molar-refractivity contribution in [2.24, 2.45) is 0 Å². The number of thiophene rings is 1. The largest absolute Gasteiger partial charge is 0.352 e. The van der Waals surface area contributed by atoms with Crippen LogP contribution in [0.2, 0.25) is 0 Å². The summed E-state index contributed by atoms with van der Waals surface area (Å²) >= 11 is 1.70. The van der Waals surface area contributed by atoms with Crippen LogP contribution in [0.4, 0.5) is 0 Å². The van der Waals surface area contributed by atoms with Crippen molar-refractivity contribution in [2.45, 2.75) is 32.4 Å². The maximum absolute atomic E-state index is 12.2. The Morgan fingerprint density at radius 2 is 2.21 bits per heavy atom. The number of nitrogens with one attached hydrogen (secondary N) is 2. The van der Waals surface area contributed by atoms with Crippen molar-refractivity contribution in [2.75, 3.05) is 26.2 Å². The van der Waals surface area contributed by atoms with E-state index in [-0.39, 0.29) is 18.0 Å². The highest BCUT2D eigenvalue weighted by Gasteiger charge is 2.23. The van der Waals surface area contributed by atoms with Gasteiger partial charge in [-0.3, -0.25) is 9.69 Å². The lowest BCUT2D eigenvalue weighted by Crippen LogP contribution is -2.53. The highest BCUT2D eigenvalue weighted by molar-refractivity contribution is 7.07. The molecule has 2 rings (SSSR count). The average molecular weight is 281 g/mol. The number of hydrogen-bond donors (Lipinski definition) is 2. The number of amides is 1. The van der Waals surface area contributed by atoms with E-state index in [0.29, 0.717) is 0 Å². The summed E-state index contributed by atoms with van der Waals surface area (Å²) < 4.78 is 0. The summed E-state index contributed by atoms with van der Waals surface area (Å²) in [6.45, 7) is 7.92. The van der Waals surface area contributed by atoms with Crippen molar-refractivity contribution < 1.29 is 4.79 Å². The van der Waals surface area contributed by atoms with Crippen LogP contribution in [-0.2, 0) is 11.2 Å². The summed E-state index contributed by atoms with van der Waals surface area (Å²) in [5.74, 6) is 0.143. The standard InChI is InChI=1S/C14H23N3OS/c1-11(9-13-3-8-19-10-13)16-14(18)12(2)17-6-4-15-5-7-17/h3,8,10-12,15H,4-7,9H2,1-2H3,(H,16,18). The van der Waals surface area contributed by atoms with Crippen molar-refractivity contribution in [1.82, 2.24) is 15.5 Å². The Morgan fingerprint density at radius 1 is 1.47 bits per heavy atom. The maximum Gasteiger partial charge on any atom is 0.237 e. The molecule has 5 heteroatoms. The summed E-state index contributed by atoms with van der Waals surface area (Å²) in [7, 11) is 0. The van der Waals surface area contributed by atoms with Gasteiger partial charge < -0.3 is 10.6 Å². The molecule has 0 bridgehead atoms. The van der Waals surface area contributed by atoms with Crippen LogP contribution < -0.4 is 10.6 Å². The van der Waals surface area contributed by atoms with Gasteiger partial charge in [-0.25, -0.2) is 0 Å². The van der Waals surface area contributed by atoms with Gasteiger partial charge in [0.1, 0.15) is 0 Å². The number of carbonyl (C=O) groups is 1. The van der Waals surface area contributed by atoms with Gasteiger partial charge >= 0.3 is 0 Å². The van der Waals surface area contributed by atoms with E-state index in [4.69, 9.17) is 0 Å². The van der Waals surface area contributed by atoms with Crippen molar-refractivity contribution in [3.63, 3.8) is 0 Å². The Balaban J connectivity index is 1.79. The molecule has 1 fully saturated rings. The van der Waals surface area contributed by atoms with Crippen LogP contribution >= 0.6 is 11.3 Å². The molecule has 2 atom stereocenters. The Kier molecular flexibility index (Phi) is 5.36. The summed E-state index contributed by atoms with van der Waals surface area (Å²) in [5, 5.41) is 10.6. The zero-order valence-electron chi connectivity index (χ0n) is 11.7. The van der Waals surface area contributed by atoms with Crippen molar-refractivity contribution in [1.29, 1.82) is 0 Å². The Bertz CT molecular complexity index is 387. The average Bonchev–Trinajstić information content (AvgIpc) is 2.91. The van der Waals surface area contributed by atoms with E-state index in [1.165, 1.54) is 5.56 Å². The molecule has 2 N–H and O–H groups in total. The number of carbonyl (C=O) groups excluding carboxylic acids is 1. The van der Waals surface area contributed by atoms with Crippen LogP contribution in [0.3, 0.4) is 0 Å². The van der Waals surface area contributed by atoms with E-state index < -0.39 is 0 Å². The molecule has 0 radical (unpaired) electrons. The smallest absolute Gasteiger partial charge is 0.237 e. The third kappa shape index (κ3) is 4.30. The first-order valence-electron chi connectivity index (χ1n) is 6.93. The zero-order chi connectivity index (χ0) is 13.7. The number of rotatable bonds is 5. The van der Waals surface area contributed by atoms with Gasteiger partial charge in [0.25, 0.3) is 0 Å². The molecule has 2 heterocycles. The first kappa shape index (κ1) is 14.5. The van der Waals surface area contributed by atoms with E-state index in [0.717, 1.165) is 32.6 Å². The fraction of sp³-hybridized carbons (Fsp3) is 0.643. The third-order valence-electron chi connectivity index (χ3n) is 3.59. The van der Waals surface area contributed by atoms with Crippen LogP contribution in [0.5, 0.6) is 0 Å². The molecular formula is C14H23N3OS. The van der Waals surface area contributed by atoms with Crippen LogP contribution in [0, 0.1) is 0 Å². The first-order chi connectivity index (χ1) is 9.16.